The average Bonchev–Trinajstić information content (AvgIpc) is 2.67. The molecular weight excluding hydrogens is 346 g/mol. The third-order valence-electron chi connectivity index (χ3n) is 4.01. The van der Waals surface area contributed by atoms with Gasteiger partial charge >= 0.3 is 5.97 Å². The lowest BCUT2D eigenvalue weighted by molar-refractivity contribution is -0.149. The summed E-state index contributed by atoms with van der Waals surface area (Å²) in [5, 5.41) is 2.67. The second-order valence-corrected chi connectivity index (χ2v) is 6.10. The fourth-order valence-electron chi connectivity index (χ4n) is 2.29. The molecule has 2 rings (SSSR count). The van der Waals surface area contributed by atoms with Crippen molar-refractivity contribution < 1.29 is 23.9 Å². The Bertz CT molecular complexity index is 827. The van der Waals surface area contributed by atoms with Crippen molar-refractivity contribution in [3.05, 3.63) is 59.2 Å². The van der Waals surface area contributed by atoms with Crippen LogP contribution >= 0.6 is 0 Å². The van der Waals surface area contributed by atoms with Gasteiger partial charge in [-0.15, -0.1) is 0 Å². The third kappa shape index (κ3) is 6.26. The highest BCUT2D eigenvalue weighted by atomic mass is 16.6. The van der Waals surface area contributed by atoms with Crippen molar-refractivity contribution in [3.63, 3.8) is 0 Å². The van der Waals surface area contributed by atoms with Gasteiger partial charge in [-0.1, -0.05) is 13.0 Å². The smallest absolute Gasteiger partial charge is 0.344 e. The van der Waals surface area contributed by atoms with Gasteiger partial charge in [-0.3, -0.25) is 9.59 Å². The molecule has 0 saturated carbocycles. The first kappa shape index (κ1) is 20.2. The van der Waals surface area contributed by atoms with Crippen molar-refractivity contribution in [3.8, 4) is 5.75 Å². The number of Topliss-reactive ketones (excluding diaryl/α,β-unsaturated/α-hetero) is 1. The Morgan fingerprint density at radius 2 is 1.63 bits per heavy atom. The van der Waals surface area contributed by atoms with Gasteiger partial charge < -0.3 is 14.8 Å². The number of amides is 1. The van der Waals surface area contributed by atoms with Gasteiger partial charge in [-0.25, -0.2) is 4.79 Å². The highest BCUT2D eigenvalue weighted by Gasteiger charge is 2.10. The fraction of sp³-hybridized carbons (Fsp3) is 0.286. The summed E-state index contributed by atoms with van der Waals surface area (Å²) < 4.78 is 10.2. The zero-order valence-corrected chi connectivity index (χ0v) is 15.7. The predicted octanol–water partition coefficient (Wildman–Crippen LogP) is 3.46. The van der Waals surface area contributed by atoms with E-state index in [9.17, 15) is 14.4 Å². The van der Waals surface area contributed by atoms with Crippen molar-refractivity contribution in [2.45, 2.75) is 27.2 Å². The van der Waals surface area contributed by atoms with Crippen LogP contribution in [-0.2, 0) is 14.3 Å². The zero-order valence-electron chi connectivity index (χ0n) is 15.7. The van der Waals surface area contributed by atoms with Crippen LogP contribution in [0.2, 0.25) is 0 Å². The van der Waals surface area contributed by atoms with E-state index in [1.807, 2.05) is 26.0 Å². The molecule has 0 aliphatic rings. The Kier molecular flexibility index (Phi) is 7.11. The minimum Gasteiger partial charge on any atom is -0.482 e. The quantitative estimate of drug-likeness (QED) is 0.569. The molecule has 6 heteroatoms. The van der Waals surface area contributed by atoms with E-state index in [-0.39, 0.29) is 19.0 Å². The van der Waals surface area contributed by atoms with Crippen LogP contribution in [0, 0.1) is 13.8 Å². The van der Waals surface area contributed by atoms with Crippen molar-refractivity contribution in [2.24, 2.45) is 0 Å². The van der Waals surface area contributed by atoms with Crippen LogP contribution in [0.25, 0.3) is 0 Å². The molecule has 2 aromatic carbocycles. The summed E-state index contributed by atoms with van der Waals surface area (Å²) in [5.41, 5.74) is 3.43. The molecule has 1 N–H and O–H groups in total. The van der Waals surface area contributed by atoms with Crippen LogP contribution in [0.4, 0.5) is 5.69 Å². The number of hydrogen-bond acceptors (Lipinski definition) is 5. The molecule has 0 fully saturated rings. The molecule has 2 aromatic rings. The minimum absolute atomic E-state index is 0.0377. The Hall–Kier alpha value is -3.15. The summed E-state index contributed by atoms with van der Waals surface area (Å²) >= 11 is 0. The largest absolute Gasteiger partial charge is 0.482 e. The van der Waals surface area contributed by atoms with Crippen molar-refractivity contribution >= 4 is 23.3 Å². The predicted molar refractivity (Wildman–Crippen MR) is 102 cm³/mol. The summed E-state index contributed by atoms with van der Waals surface area (Å²) in [6, 6.07) is 12.1. The van der Waals surface area contributed by atoms with Gasteiger partial charge in [0, 0.05) is 17.7 Å². The highest BCUT2D eigenvalue weighted by Crippen LogP contribution is 2.15. The SMILES string of the molecule is CCC(=O)c1ccc(OCC(=O)OCC(=O)Nc2ccc(C)c(C)c2)cc1. The molecule has 27 heavy (non-hydrogen) atoms. The maximum Gasteiger partial charge on any atom is 0.344 e. The summed E-state index contributed by atoms with van der Waals surface area (Å²) in [4.78, 5) is 35.1. The van der Waals surface area contributed by atoms with E-state index in [1.165, 1.54) is 0 Å². The topological polar surface area (TPSA) is 81.7 Å². The van der Waals surface area contributed by atoms with E-state index in [0.29, 0.717) is 23.4 Å². The van der Waals surface area contributed by atoms with Crippen LogP contribution in [-0.4, -0.2) is 30.9 Å². The maximum absolute atomic E-state index is 11.9. The molecule has 0 unspecified atom stereocenters. The van der Waals surface area contributed by atoms with Gasteiger partial charge in [0.2, 0.25) is 0 Å². The van der Waals surface area contributed by atoms with Crippen LogP contribution < -0.4 is 10.1 Å². The van der Waals surface area contributed by atoms with Gasteiger partial charge in [-0.05, 0) is 61.4 Å². The van der Waals surface area contributed by atoms with Gasteiger partial charge in [0.25, 0.3) is 5.91 Å². The van der Waals surface area contributed by atoms with E-state index >= 15 is 0 Å². The van der Waals surface area contributed by atoms with Crippen molar-refractivity contribution in [1.82, 2.24) is 0 Å². The third-order valence-corrected chi connectivity index (χ3v) is 4.01. The molecule has 6 nitrogen and oxygen atoms in total. The van der Waals surface area contributed by atoms with E-state index in [4.69, 9.17) is 9.47 Å². The molecule has 1 amide bonds. The number of ether oxygens (including phenoxy) is 2. The Morgan fingerprint density at radius 1 is 0.926 bits per heavy atom. The van der Waals surface area contributed by atoms with E-state index in [2.05, 4.69) is 5.32 Å². The Labute approximate surface area is 158 Å². The number of carbonyl (C=O) groups is 3. The highest BCUT2D eigenvalue weighted by molar-refractivity contribution is 5.96. The minimum atomic E-state index is -0.654. The van der Waals surface area contributed by atoms with E-state index in [0.717, 1.165) is 11.1 Å². The summed E-state index contributed by atoms with van der Waals surface area (Å²) in [6.45, 7) is 5.01. The standard InChI is InChI=1S/C21H23NO5/c1-4-19(23)16-6-9-18(10-7-16)26-13-21(25)27-12-20(24)22-17-8-5-14(2)15(3)11-17/h5-11H,4,12-13H2,1-3H3,(H,22,24). The van der Waals surface area contributed by atoms with Crippen LogP contribution in [0.3, 0.4) is 0 Å². The molecule has 0 aromatic heterocycles. The summed E-state index contributed by atoms with van der Waals surface area (Å²) in [7, 11) is 0. The van der Waals surface area contributed by atoms with Crippen LogP contribution in [0.15, 0.2) is 42.5 Å². The zero-order chi connectivity index (χ0) is 19.8. The number of aryl methyl sites for hydroxylation is 2. The summed E-state index contributed by atoms with van der Waals surface area (Å²) in [6.07, 6.45) is 0.427. The molecule has 0 saturated heterocycles. The number of anilines is 1. The van der Waals surface area contributed by atoms with Crippen LogP contribution in [0.1, 0.15) is 34.8 Å². The molecule has 0 spiro atoms. The summed E-state index contributed by atoms with van der Waals surface area (Å²) in [5.74, 6) is -0.595. The van der Waals surface area contributed by atoms with Gasteiger partial charge in [-0.2, -0.15) is 0 Å². The molecule has 0 aliphatic carbocycles. The van der Waals surface area contributed by atoms with Crippen molar-refractivity contribution in [2.75, 3.05) is 18.5 Å². The fourth-order valence-corrected chi connectivity index (χ4v) is 2.29. The Morgan fingerprint density at radius 3 is 2.26 bits per heavy atom. The van der Waals surface area contributed by atoms with Gasteiger partial charge in [0.05, 0.1) is 0 Å². The second-order valence-electron chi connectivity index (χ2n) is 6.10. The molecular formula is C21H23NO5. The van der Waals surface area contributed by atoms with Gasteiger partial charge in [0.1, 0.15) is 5.75 Å². The molecule has 0 radical (unpaired) electrons. The lowest BCUT2D eigenvalue weighted by Gasteiger charge is -2.09. The molecule has 0 heterocycles. The van der Waals surface area contributed by atoms with Crippen molar-refractivity contribution in [1.29, 1.82) is 0 Å². The number of rotatable bonds is 8. The monoisotopic (exact) mass is 369 g/mol. The molecule has 0 bridgehead atoms. The number of esters is 1. The number of hydrogen-bond donors (Lipinski definition) is 1. The molecule has 142 valence electrons. The first-order valence-electron chi connectivity index (χ1n) is 8.68. The molecule has 0 atom stereocenters. The first-order chi connectivity index (χ1) is 12.9. The lowest BCUT2D eigenvalue weighted by atomic mass is 10.1. The molecule has 0 aliphatic heterocycles. The van der Waals surface area contributed by atoms with E-state index in [1.54, 1.807) is 37.3 Å². The normalized spacial score (nSPS) is 10.2. The van der Waals surface area contributed by atoms with Gasteiger partial charge in [0.15, 0.2) is 19.0 Å². The lowest BCUT2D eigenvalue weighted by Crippen LogP contribution is -2.23. The first-order valence-corrected chi connectivity index (χ1v) is 8.68. The Balaban J connectivity index is 1.74. The average molecular weight is 369 g/mol. The van der Waals surface area contributed by atoms with Crippen LogP contribution in [0.5, 0.6) is 5.75 Å². The number of benzene rings is 2. The number of nitrogens with one attached hydrogen (secondary N) is 1. The maximum atomic E-state index is 11.9. The second kappa shape index (κ2) is 9.52. The van der Waals surface area contributed by atoms with E-state index < -0.39 is 11.9 Å². The number of ketones is 1. The number of carbonyl (C=O) groups excluding carboxylic acids is 3.